The molecule has 0 unspecified atom stereocenters. The zero-order valence-electron chi connectivity index (χ0n) is 12.6. The molecule has 7 heteroatoms. The van der Waals surface area contributed by atoms with Gasteiger partial charge in [-0.2, -0.15) is 13.2 Å². The van der Waals surface area contributed by atoms with Crippen molar-refractivity contribution in [1.82, 2.24) is 0 Å². The summed E-state index contributed by atoms with van der Waals surface area (Å²) >= 11 is 9.10. The maximum absolute atomic E-state index is 13.3. The first-order valence-electron chi connectivity index (χ1n) is 7.34. The fourth-order valence-corrected chi connectivity index (χ4v) is 6.27. The van der Waals surface area contributed by atoms with Crippen molar-refractivity contribution in [2.45, 2.75) is 16.7 Å². The van der Waals surface area contributed by atoms with Crippen molar-refractivity contribution in [2.75, 3.05) is 17.2 Å². The molecule has 0 bridgehead atoms. The van der Waals surface area contributed by atoms with Crippen molar-refractivity contribution in [3.05, 3.63) is 64.2 Å². The van der Waals surface area contributed by atoms with E-state index in [9.17, 15) is 13.2 Å². The number of thioether (sulfide) groups is 2. The van der Waals surface area contributed by atoms with Gasteiger partial charge in [-0.1, -0.05) is 29.8 Å². The third-order valence-electron chi connectivity index (χ3n) is 3.84. The highest BCUT2D eigenvalue weighted by Gasteiger charge is 2.40. The summed E-state index contributed by atoms with van der Waals surface area (Å²) < 4.78 is 39.2. The average molecular weight is 390 g/mol. The lowest BCUT2D eigenvalue weighted by atomic mass is 10.0. The van der Waals surface area contributed by atoms with Crippen molar-refractivity contribution >= 4 is 40.8 Å². The van der Waals surface area contributed by atoms with Crippen LogP contribution in [-0.4, -0.2) is 11.5 Å². The van der Waals surface area contributed by atoms with Gasteiger partial charge in [0.15, 0.2) is 0 Å². The summed E-state index contributed by atoms with van der Waals surface area (Å²) in [6.45, 7) is 0. The molecule has 0 aromatic heterocycles. The van der Waals surface area contributed by atoms with Crippen LogP contribution in [0.15, 0.2) is 42.5 Å². The van der Waals surface area contributed by atoms with Crippen LogP contribution in [-0.2, 0) is 10.3 Å². The Balaban J connectivity index is 2.15. The molecule has 0 amide bonds. The number of halogens is 4. The smallest absolute Gasteiger partial charge is 0.399 e. The Morgan fingerprint density at radius 3 is 2.12 bits per heavy atom. The molecule has 1 aliphatic heterocycles. The van der Waals surface area contributed by atoms with E-state index in [1.807, 2.05) is 12.1 Å². The average Bonchev–Trinajstić information content (AvgIpc) is 2.55. The quantitative estimate of drug-likeness (QED) is 0.637. The number of hydrogen-bond acceptors (Lipinski definition) is 3. The highest BCUT2D eigenvalue weighted by Crippen LogP contribution is 2.55. The molecule has 1 fully saturated rings. The fraction of sp³-hybridized carbons (Fsp3) is 0.294. The predicted molar refractivity (Wildman–Crippen MR) is 97.6 cm³/mol. The molecule has 1 nitrogen and oxygen atoms in total. The summed E-state index contributed by atoms with van der Waals surface area (Å²) in [6.07, 6.45) is -3.44. The van der Waals surface area contributed by atoms with Gasteiger partial charge in [0, 0.05) is 5.69 Å². The lowest BCUT2D eigenvalue weighted by Gasteiger charge is -2.37. The SMILES string of the molecule is Nc1ccc(C2(c3ccc(Cl)c(C(F)(F)F)c3)SCCCS2)cc1. The first-order chi connectivity index (χ1) is 11.3. The van der Waals surface area contributed by atoms with Gasteiger partial charge in [-0.25, -0.2) is 0 Å². The van der Waals surface area contributed by atoms with Crippen molar-refractivity contribution in [1.29, 1.82) is 0 Å². The second kappa shape index (κ2) is 6.73. The van der Waals surface area contributed by atoms with Crippen LogP contribution < -0.4 is 5.73 Å². The van der Waals surface area contributed by atoms with E-state index in [-0.39, 0.29) is 5.02 Å². The van der Waals surface area contributed by atoms with Crippen LogP contribution in [0.4, 0.5) is 18.9 Å². The molecule has 0 aliphatic carbocycles. The van der Waals surface area contributed by atoms with E-state index in [0.29, 0.717) is 11.3 Å². The highest BCUT2D eigenvalue weighted by atomic mass is 35.5. The molecule has 2 aromatic rings. The Morgan fingerprint density at radius 2 is 1.54 bits per heavy atom. The van der Waals surface area contributed by atoms with Crippen molar-refractivity contribution < 1.29 is 13.2 Å². The molecular weight excluding hydrogens is 375 g/mol. The molecule has 2 aromatic carbocycles. The van der Waals surface area contributed by atoms with Crippen LogP contribution >= 0.6 is 35.1 Å². The minimum atomic E-state index is -4.47. The first-order valence-corrected chi connectivity index (χ1v) is 9.69. The summed E-state index contributed by atoms with van der Waals surface area (Å²) in [5.74, 6) is 1.78. The van der Waals surface area contributed by atoms with E-state index >= 15 is 0 Å². The number of rotatable bonds is 2. The molecule has 1 aliphatic rings. The van der Waals surface area contributed by atoms with Gasteiger partial charge in [-0.15, -0.1) is 23.5 Å². The van der Waals surface area contributed by atoms with Gasteiger partial charge in [0.1, 0.15) is 4.08 Å². The maximum atomic E-state index is 13.3. The molecule has 0 saturated carbocycles. The van der Waals surface area contributed by atoms with Crippen LogP contribution in [0.3, 0.4) is 0 Å². The minimum absolute atomic E-state index is 0.274. The number of alkyl halides is 3. The molecular formula is C17H15ClF3NS2. The number of benzene rings is 2. The van der Waals surface area contributed by atoms with Crippen molar-refractivity contribution in [2.24, 2.45) is 0 Å². The van der Waals surface area contributed by atoms with Crippen LogP contribution in [0.2, 0.25) is 5.02 Å². The lowest BCUT2D eigenvalue weighted by Crippen LogP contribution is -2.25. The molecule has 2 N–H and O–H groups in total. The topological polar surface area (TPSA) is 26.0 Å². The third kappa shape index (κ3) is 3.37. The Kier molecular flexibility index (Phi) is 5.00. The van der Waals surface area contributed by atoms with Gasteiger partial charge in [-0.05, 0) is 53.3 Å². The van der Waals surface area contributed by atoms with Gasteiger partial charge >= 0.3 is 6.18 Å². The first kappa shape index (κ1) is 17.8. The van der Waals surface area contributed by atoms with Crippen molar-refractivity contribution in [3.8, 4) is 0 Å². The van der Waals surface area contributed by atoms with Crippen LogP contribution in [0, 0.1) is 0 Å². The van der Waals surface area contributed by atoms with Crippen LogP contribution in [0.25, 0.3) is 0 Å². The second-order valence-electron chi connectivity index (χ2n) is 5.48. The van der Waals surface area contributed by atoms with Crippen LogP contribution in [0.5, 0.6) is 0 Å². The fourth-order valence-electron chi connectivity index (χ4n) is 2.68. The van der Waals surface area contributed by atoms with Gasteiger partial charge in [-0.3, -0.25) is 0 Å². The van der Waals surface area contributed by atoms with Gasteiger partial charge in [0.25, 0.3) is 0 Å². The molecule has 0 spiro atoms. The molecule has 0 radical (unpaired) electrons. The van der Waals surface area contributed by atoms with E-state index in [1.165, 1.54) is 12.1 Å². The summed E-state index contributed by atoms with van der Waals surface area (Å²) in [6, 6.07) is 11.6. The Labute approximate surface area is 152 Å². The largest absolute Gasteiger partial charge is 0.417 e. The Morgan fingerprint density at radius 1 is 0.958 bits per heavy atom. The number of nitrogen functional groups attached to an aromatic ring is 1. The summed E-state index contributed by atoms with van der Waals surface area (Å²) in [5.41, 5.74) is 7.16. The summed E-state index contributed by atoms with van der Waals surface area (Å²) in [5, 5.41) is -0.274. The monoisotopic (exact) mass is 389 g/mol. The number of anilines is 1. The van der Waals surface area contributed by atoms with E-state index in [0.717, 1.165) is 23.5 Å². The zero-order valence-corrected chi connectivity index (χ0v) is 15.0. The van der Waals surface area contributed by atoms with Gasteiger partial charge < -0.3 is 5.73 Å². The third-order valence-corrected chi connectivity index (χ3v) is 7.62. The molecule has 128 valence electrons. The Bertz CT molecular complexity index is 726. The van der Waals surface area contributed by atoms with Gasteiger partial charge in [0.2, 0.25) is 0 Å². The molecule has 0 atom stereocenters. The Hall–Kier alpha value is -0.980. The standard InChI is InChI=1S/C17H15ClF3NS2/c18-15-7-4-12(10-14(15)17(19,20)21)16(23-8-1-9-24-16)11-2-5-13(22)6-3-11/h2-7,10H,1,8-9,22H2. The van der Waals surface area contributed by atoms with E-state index < -0.39 is 15.8 Å². The minimum Gasteiger partial charge on any atom is -0.399 e. The van der Waals surface area contributed by atoms with E-state index in [1.54, 1.807) is 41.7 Å². The normalized spacial score (nSPS) is 17.7. The molecule has 3 rings (SSSR count). The maximum Gasteiger partial charge on any atom is 0.417 e. The van der Waals surface area contributed by atoms with Gasteiger partial charge in [0.05, 0.1) is 10.6 Å². The van der Waals surface area contributed by atoms with Crippen molar-refractivity contribution in [3.63, 3.8) is 0 Å². The van der Waals surface area contributed by atoms with E-state index in [4.69, 9.17) is 17.3 Å². The number of hydrogen-bond donors (Lipinski definition) is 1. The molecule has 24 heavy (non-hydrogen) atoms. The lowest BCUT2D eigenvalue weighted by molar-refractivity contribution is -0.137. The predicted octanol–water partition coefficient (Wildman–Crippen LogP) is 6.01. The second-order valence-corrected chi connectivity index (χ2v) is 8.77. The molecule has 1 heterocycles. The summed E-state index contributed by atoms with van der Waals surface area (Å²) in [4.78, 5) is 0. The number of nitrogens with two attached hydrogens (primary N) is 1. The summed E-state index contributed by atoms with van der Waals surface area (Å²) in [7, 11) is 0. The zero-order chi connectivity index (χ0) is 17.4. The van der Waals surface area contributed by atoms with E-state index in [2.05, 4.69) is 0 Å². The molecule has 1 saturated heterocycles. The van der Waals surface area contributed by atoms with Crippen LogP contribution in [0.1, 0.15) is 23.1 Å². The highest BCUT2D eigenvalue weighted by molar-refractivity contribution is 8.18.